The van der Waals surface area contributed by atoms with Crippen molar-refractivity contribution in [3.63, 3.8) is 0 Å². The second kappa shape index (κ2) is 4.91. The fourth-order valence-corrected chi connectivity index (χ4v) is 0.332. The molecule has 0 amide bonds. The van der Waals surface area contributed by atoms with Crippen LogP contribution >= 0.6 is 12.4 Å². The fourth-order valence-electron chi connectivity index (χ4n) is 0.332. The lowest BCUT2D eigenvalue weighted by Crippen LogP contribution is -2.06. The van der Waals surface area contributed by atoms with Gasteiger partial charge in [0.05, 0.1) is 6.10 Å². The minimum absolute atomic E-state index is 0. The molecule has 0 saturated heterocycles. The predicted molar refractivity (Wildman–Crippen MR) is 34.1 cm³/mol. The van der Waals surface area contributed by atoms with E-state index in [0.717, 1.165) is 0 Å². The Kier molecular flexibility index (Phi) is 6.56. The predicted octanol–water partition coefficient (Wildman–Crippen LogP) is 1.38. The highest BCUT2D eigenvalue weighted by atomic mass is 35.5. The van der Waals surface area contributed by atoms with Crippen molar-refractivity contribution < 1.29 is 9.53 Å². The minimum Gasteiger partial charge on any atom is -0.463 e. The van der Waals surface area contributed by atoms with Gasteiger partial charge in [0.1, 0.15) is 0 Å². The van der Waals surface area contributed by atoms with E-state index < -0.39 is 0 Å². The smallest absolute Gasteiger partial charge is 0.302 e. The molecule has 0 radical (unpaired) electrons. The maximum absolute atomic E-state index is 10.0. The zero-order valence-corrected chi connectivity index (χ0v) is 6.12. The molecule has 0 aromatic carbocycles. The fraction of sp³-hybridized carbons (Fsp3) is 0.800. The minimum atomic E-state index is -0.213. The summed E-state index contributed by atoms with van der Waals surface area (Å²) in [6.07, 6.45) is 0.0255. The Hall–Kier alpha value is -0.240. The van der Waals surface area contributed by atoms with E-state index >= 15 is 0 Å². The first-order valence-electron chi connectivity index (χ1n) is 2.30. The third kappa shape index (κ3) is 9.23. The lowest BCUT2D eigenvalue weighted by molar-refractivity contribution is -0.144. The van der Waals surface area contributed by atoms with Gasteiger partial charge >= 0.3 is 5.97 Å². The summed E-state index contributed by atoms with van der Waals surface area (Å²) in [7, 11) is 0. The Bertz CT molecular complexity index is 70.8. The second-order valence-corrected chi connectivity index (χ2v) is 1.66. The van der Waals surface area contributed by atoms with E-state index in [4.69, 9.17) is 0 Å². The van der Waals surface area contributed by atoms with Crippen LogP contribution in [0.2, 0.25) is 0 Å². The molecule has 8 heavy (non-hydrogen) atoms. The van der Waals surface area contributed by atoms with E-state index in [1.165, 1.54) is 6.92 Å². The van der Waals surface area contributed by atoms with Crippen LogP contribution in [-0.4, -0.2) is 12.1 Å². The lowest BCUT2D eigenvalue weighted by atomic mass is 10.5. The third-order valence-electron chi connectivity index (χ3n) is 0.402. The molecule has 50 valence electrons. The Morgan fingerprint density at radius 3 is 1.88 bits per heavy atom. The van der Waals surface area contributed by atoms with Crippen LogP contribution in [0.5, 0.6) is 0 Å². The number of esters is 1. The van der Waals surface area contributed by atoms with E-state index in [0.29, 0.717) is 0 Å². The molecular formula is C5H11ClO2. The standard InChI is InChI=1S/C5H10O2.ClH/c1-4(2)7-5(3)6;/h4H,1-3H3;1H. The highest BCUT2D eigenvalue weighted by Gasteiger charge is 1.93. The Morgan fingerprint density at radius 1 is 1.50 bits per heavy atom. The summed E-state index contributed by atoms with van der Waals surface area (Å²) in [6.45, 7) is 5.04. The summed E-state index contributed by atoms with van der Waals surface area (Å²) in [5.41, 5.74) is 0. The summed E-state index contributed by atoms with van der Waals surface area (Å²) >= 11 is 0. The number of hydrogen-bond acceptors (Lipinski definition) is 2. The lowest BCUT2D eigenvalue weighted by Gasteiger charge is -2.01. The van der Waals surface area contributed by atoms with E-state index in [-0.39, 0.29) is 24.5 Å². The molecule has 0 aliphatic rings. The molecule has 3 heteroatoms. The van der Waals surface area contributed by atoms with Crippen LogP contribution in [0, 0.1) is 0 Å². The highest BCUT2D eigenvalue weighted by molar-refractivity contribution is 5.85. The van der Waals surface area contributed by atoms with Gasteiger partial charge in [-0.2, -0.15) is 0 Å². The number of hydrogen-bond donors (Lipinski definition) is 0. The van der Waals surface area contributed by atoms with Crippen molar-refractivity contribution in [2.45, 2.75) is 26.9 Å². The highest BCUT2D eigenvalue weighted by Crippen LogP contribution is 1.85. The maximum Gasteiger partial charge on any atom is 0.302 e. The number of carbonyl (C=O) groups is 1. The zero-order valence-electron chi connectivity index (χ0n) is 5.30. The maximum atomic E-state index is 10.0. The Balaban J connectivity index is 0. The van der Waals surface area contributed by atoms with Crippen LogP contribution in [0.15, 0.2) is 0 Å². The normalized spacial score (nSPS) is 8.00. The molecule has 0 rings (SSSR count). The van der Waals surface area contributed by atoms with E-state index in [9.17, 15) is 4.79 Å². The molecule has 0 aliphatic heterocycles. The molecule has 0 N–H and O–H groups in total. The van der Waals surface area contributed by atoms with Crippen molar-refractivity contribution in [1.29, 1.82) is 0 Å². The number of ether oxygens (including phenoxy) is 1. The van der Waals surface area contributed by atoms with Crippen molar-refractivity contribution in [1.82, 2.24) is 0 Å². The van der Waals surface area contributed by atoms with Crippen LogP contribution in [0.1, 0.15) is 20.8 Å². The van der Waals surface area contributed by atoms with Gasteiger partial charge in [0, 0.05) is 6.92 Å². The van der Waals surface area contributed by atoms with Gasteiger partial charge in [-0.05, 0) is 13.8 Å². The summed E-state index contributed by atoms with van der Waals surface area (Å²) in [4.78, 5) is 10.0. The van der Waals surface area contributed by atoms with E-state index in [2.05, 4.69) is 4.74 Å². The van der Waals surface area contributed by atoms with Gasteiger partial charge in [-0.15, -0.1) is 12.4 Å². The summed E-state index contributed by atoms with van der Waals surface area (Å²) in [5.74, 6) is -0.213. The van der Waals surface area contributed by atoms with Crippen molar-refractivity contribution in [2.24, 2.45) is 0 Å². The molecule has 0 atom stereocenters. The van der Waals surface area contributed by atoms with Gasteiger partial charge in [-0.3, -0.25) is 4.79 Å². The third-order valence-corrected chi connectivity index (χ3v) is 0.402. The monoisotopic (exact) mass is 138 g/mol. The van der Waals surface area contributed by atoms with Gasteiger partial charge in [0.2, 0.25) is 0 Å². The van der Waals surface area contributed by atoms with Crippen LogP contribution in [-0.2, 0) is 9.53 Å². The summed E-state index contributed by atoms with van der Waals surface area (Å²) in [6, 6.07) is 0. The van der Waals surface area contributed by atoms with Crippen LogP contribution in [0.25, 0.3) is 0 Å². The molecule has 0 bridgehead atoms. The molecule has 0 aromatic rings. The van der Waals surface area contributed by atoms with Crippen molar-refractivity contribution in [3.8, 4) is 0 Å². The molecule has 0 fully saturated rings. The van der Waals surface area contributed by atoms with Gasteiger partial charge in [-0.1, -0.05) is 0 Å². The summed E-state index contributed by atoms with van der Waals surface area (Å²) < 4.78 is 4.61. The molecular weight excluding hydrogens is 128 g/mol. The van der Waals surface area contributed by atoms with Crippen LogP contribution in [0.3, 0.4) is 0 Å². The Morgan fingerprint density at radius 2 is 1.88 bits per heavy atom. The van der Waals surface area contributed by atoms with Crippen molar-refractivity contribution >= 4 is 18.4 Å². The Labute approximate surface area is 55.6 Å². The van der Waals surface area contributed by atoms with Gasteiger partial charge in [0.15, 0.2) is 0 Å². The van der Waals surface area contributed by atoms with Crippen LogP contribution < -0.4 is 0 Å². The molecule has 2 nitrogen and oxygen atoms in total. The molecule has 0 spiro atoms. The number of carbonyl (C=O) groups excluding carboxylic acids is 1. The molecule has 0 aliphatic carbocycles. The molecule has 0 aromatic heterocycles. The molecule has 0 unspecified atom stereocenters. The van der Waals surface area contributed by atoms with Gasteiger partial charge in [0.25, 0.3) is 0 Å². The zero-order chi connectivity index (χ0) is 5.86. The van der Waals surface area contributed by atoms with Crippen molar-refractivity contribution in [2.75, 3.05) is 0 Å². The van der Waals surface area contributed by atoms with E-state index in [1.807, 2.05) is 13.8 Å². The first kappa shape index (κ1) is 10.7. The molecule has 0 saturated carbocycles. The largest absolute Gasteiger partial charge is 0.463 e. The van der Waals surface area contributed by atoms with Crippen LogP contribution in [0.4, 0.5) is 0 Å². The van der Waals surface area contributed by atoms with E-state index in [1.54, 1.807) is 0 Å². The SMILES string of the molecule is CC(=O)OC(C)C.Cl. The van der Waals surface area contributed by atoms with Gasteiger partial charge in [-0.25, -0.2) is 0 Å². The first-order valence-corrected chi connectivity index (χ1v) is 2.30. The average molecular weight is 139 g/mol. The molecule has 0 heterocycles. The first-order chi connectivity index (χ1) is 3.13. The number of halogens is 1. The van der Waals surface area contributed by atoms with Crippen molar-refractivity contribution in [3.05, 3.63) is 0 Å². The average Bonchev–Trinajstić information content (AvgIpc) is 1.27. The quantitative estimate of drug-likeness (QED) is 0.512. The second-order valence-electron chi connectivity index (χ2n) is 1.66. The number of rotatable bonds is 1. The topological polar surface area (TPSA) is 26.3 Å². The summed E-state index contributed by atoms with van der Waals surface area (Å²) in [5, 5.41) is 0. The van der Waals surface area contributed by atoms with Gasteiger partial charge < -0.3 is 4.74 Å².